The summed E-state index contributed by atoms with van der Waals surface area (Å²) < 4.78 is 1.98. The van der Waals surface area contributed by atoms with Crippen molar-refractivity contribution in [1.29, 1.82) is 0 Å². The topological polar surface area (TPSA) is 34.9 Å². The maximum absolute atomic E-state index is 10.5. The van der Waals surface area contributed by atoms with Gasteiger partial charge in [0.05, 0.1) is 22.6 Å². The van der Waals surface area contributed by atoms with Crippen LogP contribution in [0.1, 0.15) is 21.1 Å². The van der Waals surface area contributed by atoms with E-state index in [0.29, 0.717) is 0 Å². The Morgan fingerprint density at radius 2 is 2.29 bits per heavy atom. The molecule has 2 rings (SSSR count). The number of carbonyl (C=O) groups is 1. The summed E-state index contributed by atoms with van der Waals surface area (Å²) in [6, 6.07) is 1.87. The van der Waals surface area contributed by atoms with Gasteiger partial charge in [-0.2, -0.15) is 0 Å². The van der Waals surface area contributed by atoms with Crippen LogP contribution in [0.5, 0.6) is 0 Å². The molecule has 72 valence electrons. The van der Waals surface area contributed by atoms with E-state index in [2.05, 4.69) is 4.98 Å². The number of hydrogen-bond donors (Lipinski definition) is 0. The van der Waals surface area contributed by atoms with Crippen LogP contribution in [0, 0.1) is 13.8 Å². The minimum Gasteiger partial charge on any atom is -0.302 e. The molecule has 0 fully saturated rings. The van der Waals surface area contributed by atoms with Crippen molar-refractivity contribution in [1.82, 2.24) is 9.55 Å². The molecule has 2 aromatic heterocycles. The van der Waals surface area contributed by atoms with Gasteiger partial charge in [0.2, 0.25) is 0 Å². The van der Waals surface area contributed by atoms with Crippen molar-refractivity contribution in [3.63, 3.8) is 0 Å². The fourth-order valence-corrected chi connectivity index (χ4v) is 1.97. The maximum atomic E-state index is 10.5. The Kier molecular flexibility index (Phi) is 2.21. The van der Waals surface area contributed by atoms with Gasteiger partial charge in [-0.25, -0.2) is 4.98 Å². The van der Waals surface area contributed by atoms with Crippen LogP contribution in [-0.2, 0) is 0 Å². The molecule has 0 saturated heterocycles. The zero-order chi connectivity index (χ0) is 10.1. The van der Waals surface area contributed by atoms with Crippen molar-refractivity contribution in [3.05, 3.63) is 34.0 Å². The van der Waals surface area contributed by atoms with Gasteiger partial charge in [-0.05, 0) is 19.9 Å². The summed E-state index contributed by atoms with van der Waals surface area (Å²) in [6.07, 6.45) is 2.65. The molecule has 0 saturated carbocycles. The molecular weight excluding hydrogens is 196 g/mol. The molecule has 0 spiro atoms. The van der Waals surface area contributed by atoms with E-state index in [-0.39, 0.29) is 0 Å². The molecule has 14 heavy (non-hydrogen) atoms. The van der Waals surface area contributed by atoms with Gasteiger partial charge < -0.3 is 4.57 Å². The Labute approximate surface area is 86.0 Å². The first-order valence-electron chi connectivity index (χ1n) is 4.27. The SMILES string of the molecule is Cc1ncn(-c2csc(C=O)c2)c1C. The van der Waals surface area contributed by atoms with Crippen molar-refractivity contribution >= 4 is 17.6 Å². The highest BCUT2D eigenvalue weighted by molar-refractivity contribution is 7.12. The Hall–Kier alpha value is -1.42. The molecule has 2 aromatic rings. The number of rotatable bonds is 2. The van der Waals surface area contributed by atoms with Crippen molar-refractivity contribution in [2.24, 2.45) is 0 Å². The first-order chi connectivity index (χ1) is 6.72. The van der Waals surface area contributed by atoms with Crippen molar-refractivity contribution < 1.29 is 4.79 Å². The highest BCUT2D eigenvalue weighted by atomic mass is 32.1. The summed E-state index contributed by atoms with van der Waals surface area (Å²) in [4.78, 5) is 15.5. The lowest BCUT2D eigenvalue weighted by molar-refractivity contribution is 0.112. The minimum absolute atomic E-state index is 0.741. The normalized spacial score (nSPS) is 10.4. The molecule has 0 aliphatic rings. The predicted octanol–water partition coefficient (Wildman–Crippen LogP) is 2.36. The van der Waals surface area contributed by atoms with Gasteiger partial charge in [-0.3, -0.25) is 4.79 Å². The van der Waals surface area contributed by atoms with Crippen LogP contribution in [0.4, 0.5) is 0 Å². The van der Waals surface area contributed by atoms with Crippen LogP contribution in [0.3, 0.4) is 0 Å². The number of thiophene rings is 1. The zero-order valence-corrected chi connectivity index (χ0v) is 8.84. The van der Waals surface area contributed by atoms with Gasteiger partial charge >= 0.3 is 0 Å². The van der Waals surface area contributed by atoms with Gasteiger partial charge in [-0.1, -0.05) is 0 Å². The number of carbonyl (C=O) groups excluding carboxylic acids is 1. The van der Waals surface area contributed by atoms with Gasteiger partial charge in [0.15, 0.2) is 6.29 Å². The highest BCUT2D eigenvalue weighted by Gasteiger charge is 2.05. The summed E-state index contributed by atoms with van der Waals surface area (Å²) in [5, 5.41) is 1.96. The molecule has 0 aliphatic heterocycles. The molecule has 0 bridgehead atoms. The van der Waals surface area contributed by atoms with Crippen LogP contribution < -0.4 is 0 Å². The molecule has 0 radical (unpaired) electrons. The van der Waals surface area contributed by atoms with Crippen molar-refractivity contribution in [2.75, 3.05) is 0 Å². The van der Waals surface area contributed by atoms with E-state index in [4.69, 9.17) is 0 Å². The molecule has 0 aliphatic carbocycles. The Morgan fingerprint density at radius 1 is 1.50 bits per heavy atom. The summed E-state index contributed by atoms with van der Waals surface area (Å²) >= 11 is 1.45. The Bertz CT molecular complexity index is 470. The van der Waals surface area contributed by atoms with E-state index in [0.717, 1.165) is 28.2 Å². The molecule has 0 amide bonds. The van der Waals surface area contributed by atoms with Crippen molar-refractivity contribution in [3.8, 4) is 5.69 Å². The molecule has 0 N–H and O–H groups in total. The molecule has 0 aromatic carbocycles. The fraction of sp³-hybridized carbons (Fsp3) is 0.200. The lowest BCUT2D eigenvalue weighted by Crippen LogP contribution is -1.92. The summed E-state index contributed by atoms with van der Waals surface area (Å²) in [6.45, 7) is 3.99. The predicted molar refractivity (Wildman–Crippen MR) is 56.3 cm³/mol. The maximum Gasteiger partial charge on any atom is 0.160 e. The molecule has 0 unspecified atom stereocenters. The largest absolute Gasteiger partial charge is 0.302 e. The van der Waals surface area contributed by atoms with E-state index in [1.807, 2.05) is 29.9 Å². The average Bonchev–Trinajstić information content (AvgIpc) is 2.75. The average molecular weight is 206 g/mol. The zero-order valence-electron chi connectivity index (χ0n) is 8.02. The van der Waals surface area contributed by atoms with Crippen LogP contribution in [0.25, 0.3) is 5.69 Å². The number of imidazole rings is 1. The van der Waals surface area contributed by atoms with E-state index < -0.39 is 0 Å². The van der Waals surface area contributed by atoms with Crippen LogP contribution in [0.15, 0.2) is 17.8 Å². The monoisotopic (exact) mass is 206 g/mol. The quantitative estimate of drug-likeness (QED) is 0.707. The summed E-state index contributed by atoms with van der Waals surface area (Å²) in [7, 11) is 0. The standard InChI is InChI=1S/C10H10N2OS/c1-7-8(2)12(6-11-7)9-3-10(4-13)14-5-9/h3-6H,1-2H3. The van der Waals surface area contributed by atoms with Gasteiger partial charge in [-0.15, -0.1) is 11.3 Å². The lowest BCUT2D eigenvalue weighted by atomic mass is 10.3. The highest BCUT2D eigenvalue weighted by Crippen LogP contribution is 2.19. The number of aldehydes is 1. The second-order valence-electron chi connectivity index (χ2n) is 3.11. The lowest BCUT2D eigenvalue weighted by Gasteiger charge is -2.00. The van der Waals surface area contributed by atoms with E-state index in [1.165, 1.54) is 11.3 Å². The fourth-order valence-electron chi connectivity index (χ4n) is 1.29. The first kappa shape index (κ1) is 9.15. The molecule has 2 heterocycles. The summed E-state index contributed by atoms with van der Waals surface area (Å²) in [5.74, 6) is 0. The molecule has 4 heteroatoms. The summed E-state index contributed by atoms with van der Waals surface area (Å²) in [5.41, 5.74) is 3.14. The number of aryl methyl sites for hydroxylation is 1. The second-order valence-corrected chi connectivity index (χ2v) is 4.05. The molecule has 0 atom stereocenters. The second kappa shape index (κ2) is 3.38. The van der Waals surface area contributed by atoms with Crippen LogP contribution in [0.2, 0.25) is 0 Å². The van der Waals surface area contributed by atoms with Crippen LogP contribution >= 0.6 is 11.3 Å². The van der Waals surface area contributed by atoms with Gasteiger partial charge in [0.25, 0.3) is 0 Å². The Balaban J connectivity index is 2.49. The van der Waals surface area contributed by atoms with E-state index in [9.17, 15) is 4.79 Å². The third-order valence-electron chi connectivity index (χ3n) is 2.25. The third-order valence-corrected chi connectivity index (χ3v) is 3.10. The molecular formula is C10H10N2OS. The van der Waals surface area contributed by atoms with E-state index >= 15 is 0 Å². The smallest absolute Gasteiger partial charge is 0.160 e. The van der Waals surface area contributed by atoms with Crippen molar-refractivity contribution in [2.45, 2.75) is 13.8 Å². The number of aromatic nitrogens is 2. The van der Waals surface area contributed by atoms with Gasteiger partial charge in [0, 0.05) is 11.1 Å². The van der Waals surface area contributed by atoms with E-state index in [1.54, 1.807) is 6.33 Å². The van der Waals surface area contributed by atoms with Gasteiger partial charge in [0.1, 0.15) is 0 Å². The number of hydrogen-bond acceptors (Lipinski definition) is 3. The Morgan fingerprint density at radius 3 is 2.79 bits per heavy atom. The molecule has 3 nitrogen and oxygen atoms in total. The first-order valence-corrected chi connectivity index (χ1v) is 5.15. The van der Waals surface area contributed by atoms with Crippen LogP contribution in [-0.4, -0.2) is 15.8 Å². The minimum atomic E-state index is 0.741. The third kappa shape index (κ3) is 1.37. The number of nitrogens with zero attached hydrogens (tertiary/aromatic N) is 2.